The normalized spacial score (nSPS) is 11.8. The van der Waals surface area contributed by atoms with E-state index in [0.29, 0.717) is 41.7 Å². The van der Waals surface area contributed by atoms with Crippen LogP contribution in [0.4, 0.5) is 5.69 Å². The molecule has 2 amide bonds. The number of anilines is 1. The smallest absolute Gasteiger partial charge is 0.264 e. The Morgan fingerprint density at radius 1 is 0.909 bits per heavy atom. The highest BCUT2D eigenvalue weighted by Gasteiger charge is 2.33. The van der Waals surface area contributed by atoms with Gasteiger partial charge in [-0.3, -0.25) is 13.9 Å². The number of nitrogens with zero attached hydrogens (tertiary/aromatic N) is 2. The Labute approximate surface area is 268 Å². The summed E-state index contributed by atoms with van der Waals surface area (Å²) in [4.78, 5) is 28.3. The fourth-order valence-electron chi connectivity index (χ4n) is 4.32. The quantitative estimate of drug-likeness (QED) is 0.226. The Bertz CT molecular complexity index is 1550. The van der Waals surface area contributed by atoms with Crippen LogP contribution in [0.25, 0.3) is 0 Å². The first-order chi connectivity index (χ1) is 21.0. The van der Waals surface area contributed by atoms with Crippen molar-refractivity contribution in [1.29, 1.82) is 0 Å². The van der Waals surface area contributed by atoms with Crippen LogP contribution < -0.4 is 23.8 Å². The fraction of sp³-hybridized carbons (Fsp3) is 0.355. The summed E-state index contributed by atoms with van der Waals surface area (Å²) in [5.41, 5.74) is 0.826. The minimum atomic E-state index is -4.34. The summed E-state index contributed by atoms with van der Waals surface area (Å²) >= 11 is 12.3. The second-order valence-corrected chi connectivity index (χ2v) is 12.4. The molecule has 0 heterocycles. The van der Waals surface area contributed by atoms with Crippen LogP contribution in [0.15, 0.2) is 65.6 Å². The number of ether oxygens (including phenoxy) is 3. The van der Waals surface area contributed by atoms with Crippen molar-refractivity contribution in [2.75, 3.05) is 38.2 Å². The SMILES string of the molecule is CCCNC(=O)[C@H](C)N(Cc1ccc(Cl)c(Cl)c1)C(=O)CN(c1ccc(OCC)cc1)S(=O)(=O)c1ccc(OC)c(OC)c1. The summed E-state index contributed by atoms with van der Waals surface area (Å²) in [7, 11) is -1.50. The number of sulfonamides is 1. The molecule has 1 N–H and O–H groups in total. The molecule has 1 atom stereocenters. The fourth-order valence-corrected chi connectivity index (χ4v) is 6.07. The maximum absolute atomic E-state index is 14.2. The van der Waals surface area contributed by atoms with Crippen LogP contribution in [-0.2, 0) is 26.2 Å². The first-order valence-corrected chi connectivity index (χ1v) is 16.1. The van der Waals surface area contributed by atoms with Crippen molar-refractivity contribution in [3.05, 3.63) is 76.3 Å². The Hall–Kier alpha value is -3.67. The molecule has 0 fully saturated rings. The van der Waals surface area contributed by atoms with Gasteiger partial charge in [-0.25, -0.2) is 8.42 Å². The molecule has 0 aliphatic carbocycles. The summed E-state index contributed by atoms with van der Waals surface area (Å²) in [6.45, 7) is 5.54. The average Bonchev–Trinajstić information content (AvgIpc) is 3.02. The van der Waals surface area contributed by atoms with Gasteiger partial charge in [-0.2, -0.15) is 0 Å². The highest BCUT2D eigenvalue weighted by atomic mass is 35.5. The third-order valence-electron chi connectivity index (χ3n) is 6.71. The molecule has 0 aromatic heterocycles. The van der Waals surface area contributed by atoms with E-state index in [-0.39, 0.29) is 33.8 Å². The highest BCUT2D eigenvalue weighted by Crippen LogP contribution is 2.33. The molecule has 0 radical (unpaired) electrons. The third kappa shape index (κ3) is 8.49. The number of methoxy groups -OCH3 is 2. The van der Waals surface area contributed by atoms with E-state index in [1.54, 1.807) is 49.4 Å². The standard InChI is InChI=1S/C31H37Cl2N3O7S/c1-6-16-34-31(38)21(3)35(19-22-8-14-26(32)27(33)17-22)30(37)20-36(23-9-11-24(12-10-23)43-7-2)44(39,40)25-13-15-28(41-4)29(18-25)42-5/h8-15,17-18,21H,6-7,16,19-20H2,1-5H3,(H,34,38)/t21-/m0/s1. The number of nitrogens with one attached hydrogen (secondary N) is 1. The topological polar surface area (TPSA) is 114 Å². The van der Waals surface area contributed by atoms with Gasteiger partial charge in [0.2, 0.25) is 11.8 Å². The van der Waals surface area contributed by atoms with Crippen LogP contribution in [0.2, 0.25) is 10.0 Å². The van der Waals surface area contributed by atoms with E-state index in [4.69, 9.17) is 37.4 Å². The number of carbonyl (C=O) groups is 2. The molecule has 0 aliphatic heterocycles. The van der Waals surface area contributed by atoms with E-state index in [2.05, 4.69) is 5.32 Å². The number of benzene rings is 3. The lowest BCUT2D eigenvalue weighted by Gasteiger charge is -2.32. The third-order valence-corrected chi connectivity index (χ3v) is 9.22. The van der Waals surface area contributed by atoms with Gasteiger partial charge in [0.05, 0.1) is 41.5 Å². The molecule has 0 bridgehead atoms. The first-order valence-electron chi connectivity index (χ1n) is 13.9. The number of halogens is 2. The van der Waals surface area contributed by atoms with Gasteiger partial charge in [0.15, 0.2) is 11.5 Å². The van der Waals surface area contributed by atoms with Gasteiger partial charge >= 0.3 is 0 Å². The van der Waals surface area contributed by atoms with Crippen molar-refractivity contribution in [3.8, 4) is 17.2 Å². The predicted octanol–water partition coefficient (Wildman–Crippen LogP) is 5.55. The summed E-state index contributed by atoms with van der Waals surface area (Å²) in [5.74, 6) is 0.0844. The Morgan fingerprint density at radius 2 is 1.59 bits per heavy atom. The summed E-state index contributed by atoms with van der Waals surface area (Å²) in [5, 5.41) is 3.43. The van der Waals surface area contributed by atoms with Crippen molar-refractivity contribution in [1.82, 2.24) is 10.2 Å². The highest BCUT2D eigenvalue weighted by molar-refractivity contribution is 7.92. The molecule has 44 heavy (non-hydrogen) atoms. The van der Waals surface area contributed by atoms with Crippen LogP contribution in [-0.4, -0.2) is 65.1 Å². The van der Waals surface area contributed by atoms with Gasteiger partial charge in [-0.05, 0) is 74.4 Å². The Kier molecular flexibility index (Phi) is 12.6. The van der Waals surface area contributed by atoms with Crippen molar-refractivity contribution in [2.45, 2.75) is 44.7 Å². The average molecular weight is 667 g/mol. The van der Waals surface area contributed by atoms with Crippen molar-refractivity contribution >= 4 is 50.7 Å². The maximum Gasteiger partial charge on any atom is 0.264 e. The summed E-state index contributed by atoms with van der Waals surface area (Å²) in [6, 6.07) is 14.5. The predicted molar refractivity (Wildman–Crippen MR) is 171 cm³/mol. The molecule has 0 saturated carbocycles. The molecule has 0 spiro atoms. The first kappa shape index (κ1) is 34.8. The van der Waals surface area contributed by atoms with Crippen LogP contribution >= 0.6 is 23.2 Å². The number of hydrogen-bond donors (Lipinski definition) is 1. The zero-order valence-electron chi connectivity index (χ0n) is 25.3. The number of carbonyl (C=O) groups excluding carboxylic acids is 2. The van der Waals surface area contributed by atoms with Crippen molar-refractivity contribution < 1.29 is 32.2 Å². The van der Waals surface area contributed by atoms with Crippen LogP contribution in [0, 0.1) is 0 Å². The number of amides is 2. The zero-order chi connectivity index (χ0) is 32.4. The van der Waals surface area contributed by atoms with Crippen molar-refractivity contribution in [2.24, 2.45) is 0 Å². The van der Waals surface area contributed by atoms with Gasteiger partial charge in [0, 0.05) is 19.2 Å². The number of rotatable bonds is 15. The number of hydrogen-bond acceptors (Lipinski definition) is 7. The second-order valence-electron chi connectivity index (χ2n) is 9.69. The minimum absolute atomic E-state index is 0.0239. The Balaban J connectivity index is 2.08. The zero-order valence-corrected chi connectivity index (χ0v) is 27.6. The van der Waals surface area contributed by atoms with Crippen molar-refractivity contribution in [3.63, 3.8) is 0 Å². The van der Waals surface area contributed by atoms with Crippen LogP contribution in [0.5, 0.6) is 17.2 Å². The molecular weight excluding hydrogens is 629 g/mol. The maximum atomic E-state index is 14.2. The molecule has 10 nitrogen and oxygen atoms in total. The second kappa shape index (κ2) is 15.9. The summed E-state index contributed by atoms with van der Waals surface area (Å²) in [6.07, 6.45) is 0.703. The van der Waals surface area contributed by atoms with Gasteiger partial charge in [-0.1, -0.05) is 36.2 Å². The lowest BCUT2D eigenvalue weighted by atomic mass is 10.1. The van der Waals surface area contributed by atoms with Crippen LogP contribution in [0.3, 0.4) is 0 Å². The van der Waals surface area contributed by atoms with Gasteiger partial charge in [0.1, 0.15) is 18.3 Å². The summed E-state index contributed by atoms with van der Waals surface area (Å²) < 4.78 is 45.5. The monoisotopic (exact) mass is 665 g/mol. The molecular formula is C31H37Cl2N3O7S. The molecule has 13 heteroatoms. The van der Waals surface area contributed by atoms with E-state index < -0.39 is 28.5 Å². The lowest BCUT2D eigenvalue weighted by molar-refractivity contribution is -0.139. The largest absolute Gasteiger partial charge is 0.494 e. The Morgan fingerprint density at radius 3 is 2.18 bits per heavy atom. The molecule has 3 aromatic rings. The van der Waals surface area contributed by atoms with Crippen LogP contribution in [0.1, 0.15) is 32.8 Å². The van der Waals surface area contributed by atoms with E-state index >= 15 is 0 Å². The molecule has 3 aromatic carbocycles. The van der Waals surface area contributed by atoms with E-state index in [1.807, 2.05) is 13.8 Å². The minimum Gasteiger partial charge on any atom is -0.494 e. The van der Waals surface area contributed by atoms with Gasteiger partial charge in [0.25, 0.3) is 10.0 Å². The lowest BCUT2D eigenvalue weighted by Crippen LogP contribution is -2.51. The van der Waals surface area contributed by atoms with Gasteiger partial charge in [-0.15, -0.1) is 0 Å². The van der Waals surface area contributed by atoms with Gasteiger partial charge < -0.3 is 24.4 Å². The van der Waals surface area contributed by atoms with E-state index in [1.165, 1.54) is 37.3 Å². The molecule has 0 unspecified atom stereocenters. The molecule has 0 aliphatic rings. The molecule has 238 valence electrons. The van der Waals surface area contributed by atoms with E-state index in [0.717, 1.165) is 4.31 Å². The molecule has 0 saturated heterocycles. The molecule has 3 rings (SSSR count). The van der Waals surface area contributed by atoms with E-state index in [9.17, 15) is 18.0 Å².